The molecule has 0 radical (unpaired) electrons. The van der Waals surface area contributed by atoms with Crippen molar-refractivity contribution in [2.75, 3.05) is 11.9 Å². The average molecular weight is 388 g/mol. The second kappa shape index (κ2) is 10.5. The van der Waals surface area contributed by atoms with Gasteiger partial charge in [0, 0.05) is 31.1 Å². The molecule has 0 saturated heterocycles. The molecule has 2 aromatic rings. The van der Waals surface area contributed by atoms with Gasteiger partial charge in [-0.3, -0.25) is 14.4 Å². The van der Waals surface area contributed by atoms with E-state index < -0.39 is 0 Å². The molecule has 144 valence electrons. The molecule has 1 aromatic heterocycles. The lowest BCUT2D eigenvalue weighted by atomic mass is 10.1. The summed E-state index contributed by atoms with van der Waals surface area (Å²) < 4.78 is 0. The molecule has 3 amide bonds. The number of benzene rings is 1. The van der Waals surface area contributed by atoms with Crippen molar-refractivity contribution in [1.82, 2.24) is 10.6 Å². The summed E-state index contributed by atoms with van der Waals surface area (Å²) in [5.41, 5.74) is 1.70. The second-order valence-electron chi connectivity index (χ2n) is 6.45. The zero-order chi connectivity index (χ0) is 19.6. The molecule has 0 bridgehead atoms. The topological polar surface area (TPSA) is 87.3 Å². The van der Waals surface area contributed by atoms with Gasteiger partial charge in [-0.05, 0) is 35.6 Å². The van der Waals surface area contributed by atoms with Crippen LogP contribution in [0.5, 0.6) is 0 Å². The fourth-order valence-electron chi connectivity index (χ4n) is 2.23. The molecule has 0 spiro atoms. The lowest BCUT2D eigenvalue weighted by Gasteiger charge is -2.09. The van der Waals surface area contributed by atoms with Crippen LogP contribution < -0.4 is 16.0 Å². The zero-order valence-corrected chi connectivity index (χ0v) is 16.4. The first-order valence-corrected chi connectivity index (χ1v) is 9.82. The van der Waals surface area contributed by atoms with Crippen LogP contribution in [0.15, 0.2) is 41.8 Å². The van der Waals surface area contributed by atoms with E-state index in [1.165, 1.54) is 11.3 Å². The van der Waals surface area contributed by atoms with Crippen molar-refractivity contribution in [1.29, 1.82) is 0 Å². The van der Waals surface area contributed by atoms with Crippen molar-refractivity contribution >= 4 is 34.7 Å². The molecule has 27 heavy (non-hydrogen) atoms. The molecule has 2 rings (SSSR count). The van der Waals surface area contributed by atoms with Crippen LogP contribution in [0.2, 0.25) is 0 Å². The summed E-state index contributed by atoms with van der Waals surface area (Å²) in [6.07, 6.45) is 0.941. The SMILES string of the molecule is CC(C)C(=O)Nc1ccc(CNC(=O)CCCNC(=O)c2cccs2)cc1. The van der Waals surface area contributed by atoms with Crippen molar-refractivity contribution in [3.05, 3.63) is 52.2 Å². The van der Waals surface area contributed by atoms with Gasteiger partial charge >= 0.3 is 0 Å². The van der Waals surface area contributed by atoms with Gasteiger partial charge in [0.2, 0.25) is 11.8 Å². The van der Waals surface area contributed by atoms with E-state index in [0.717, 1.165) is 11.3 Å². The van der Waals surface area contributed by atoms with Crippen LogP contribution in [-0.2, 0) is 16.1 Å². The van der Waals surface area contributed by atoms with Gasteiger partial charge in [0.15, 0.2) is 0 Å². The summed E-state index contributed by atoms with van der Waals surface area (Å²) in [6.45, 7) is 4.58. The second-order valence-corrected chi connectivity index (χ2v) is 7.40. The molecule has 0 unspecified atom stereocenters. The van der Waals surface area contributed by atoms with E-state index in [0.29, 0.717) is 30.8 Å². The lowest BCUT2D eigenvalue weighted by Crippen LogP contribution is -2.26. The maximum absolute atomic E-state index is 11.9. The van der Waals surface area contributed by atoms with Crippen LogP contribution in [-0.4, -0.2) is 24.3 Å². The van der Waals surface area contributed by atoms with E-state index in [2.05, 4.69) is 16.0 Å². The van der Waals surface area contributed by atoms with E-state index in [4.69, 9.17) is 0 Å². The van der Waals surface area contributed by atoms with Crippen LogP contribution in [0.3, 0.4) is 0 Å². The van der Waals surface area contributed by atoms with E-state index >= 15 is 0 Å². The van der Waals surface area contributed by atoms with Gasteiger partial charge in [0.05, 0.1) is 4.88 Å². The molecule has 0 aliphatic carbocycles. The summed E-state index contributed by atoms with van der Waals surface area (Å²) in [5, 5.41) is 10.3. The average Bonchev–Trinajstić information content (AvgIpc) is 3.19. The lowest BCUT2D eigenvalue weighted by molar-refractivity contribution is -0.121. The van der Waals surface area contributed by atoms with Gasteiger partial charge in [-0.15, -0.1) is 11.3 Å². The van der Waals surface area contributed by atoms with Crippen LogP contribution in [0, 0.1) is 5.92 Å². The summed E-state index contributed by atoms with van der Waals surface area (Å²) in [7, 11) is 0. The normalized spacial score (nSPS) is 10.5. The Kier molecular flexibility index (Phi) is 8.00. The van der Waals surface area contributed by atoms with Gasteiger partial charge in [-0.25, -0.2) is 0 Å². The molecular formula is C20H25N3O3S. The first-order valence-electron chi connectivity index (χ1n) is 8.94. The van der Waals surface area contributed by atoms with E-state index in [1.54, 1.807) is 6.07 Å². The van der Waals surface area contributed by atoms with Crippen molar-refractivity contribution < 1.29 is 14.4 Å². The van der Waals surface area contributed by atoms with Crippen molar-refractivity contribution in [3.8, 4) is 0 Å². The zero-order valence-electron chi connectivity index (χ0n) is 15.6. The van der Waals surface area contributed by atoms with Crippen LogP contribution in [0.1, 0.15) is 41.9 Å². The minimum Gasteiger partial charge on any atom is -0.352 e. The fraction of sp³-hybridized carbons (Fsp3) is 0.350. The van der Waals surface area contributed by atoms with Crippen molar-refractivity contribution in [3.63, 3.8) is 0 Å². The van der Waals surface area contributed by atoms with Gasteiger partial charge in [0.25, 0.3) is 5.91 Å². The highest BCUT2D eigenvalue weighted by Gasteiger charge is 2.08. The molecule has 1 heterocycles. The van der Waals surface area contributed by atoms with Crippen LogP contribution >= 0.6 is 11.3 Å². The maximum Gasteiger partial charge on any atom is 0.261 e. The molecular weight excluding hydrogens is 362 g/mol. The number of nitrogens with one attached hydrogen (secondary N) is 3. The Morgan fingerprint density at radius 3 is 2.41 bits per heavy atom. The van der Waals surface area contributed by atoms with Crippen LogP contribution in [0.4, 0.5) is 5.69 Å². The highest BCUT2D eigenvalue weighted by Crippen LogP contribution is 2.11. The minimum atomic E-state index is -0.102. The maximum atomic E-state index is 11.9. The van der Waals surface area contributed by atoms with Gasteiger partial charge in [-0.1, -0.05) is 32.0 Å². The van der Waals surface area contributed by atoms with Crippen LogP contribution in [0.25, 0.3) is 0 Å². The number of amides is 3. The third kappa shape index (κ3) is 7.22. The predicted molar refractivity (Wildman–Crippen MR) is 108 cm³/mol. The monoisotopic (exact) mass is 387 g/mol. The van der Waals surface area contributed by atoms with E-state index in [-0.39, 0.29) is 23.6 Å². The van der Waals surface area contributed by atoms with Gasteiger partial charge in [-0.2, -0.15) is 0 Å². The predicted octanol–water partition coefficient (Wildman–Crippen LogP) is 3.17. The fourth-order valence-corrected chi connectivity index (χ4v) is 2.87. The largest absolute Gasteiger partial charge is 0.352 e. The molecule has 0 atom stereocenters. The molecule has 0 saturated carbocycles. The third-order valence-electron chi connectivity index (χ3n) is 3.85. The van der Waals surface area contributed by atoms with E-state index in [9.17, 15) is 14.4 Å². The first-order chi connectivity index (χ1) is 13.0. The molecule has 0 aliphatic rings. The standard InChI is InChI=1S/C20H25N3O3S/c1-14(2)19(25)23-16-9-7-15(8-10-16)13-22-18(24)6-3-11-21-20(26)17-5-4-12-27-17/h4-5,7-10,12,14H,3,6,11,13H2,1-2H3,(H,21,26)(H,22,24)(H,23,25). The Labute approximate surface area is 163 Å². The number of hydrogen-bond donors (Lipinski definition) is 3. The molecule has 1 aromatic carbocycles. The highest BCUT2D eigenvalue weighted by molar-refractivity contribution is 7.12. The molecule has 0 aliphatic heterocycles. The van der Waals surface area contributed by atoms with Crippen molar-refractivity contribution in [2.45, 2.75) is 33.2 Å². The molecule has 0 fully saturated rings. The van der Waals surface area contributed by atoms with Gasteiger partial charge in [0.1, 0.15) is 0 Å². The smallest absolute Gasteiger partial charge is 0.261 e. The van der Waals surface area contributed by atoms with Gasteiger partial charge < -0.3 is 16.0 Å². The highest BCUT2D eigenvalue weighted by atomic mass is 32.1. The molecule has 3 N–H and O–H groups in total. The summed E-state index contributed by atoms with van der Waals surface area (Å²) in [5.74, 6) is -0.256. The number of anilines is 1. The quantitative estimate of drug-likeness (QED) is 0.578. The number of rotatable bonds is 9. The third-order valence-corrected chi connectivity index (χ3v) is 4.72. The molecule has 7 heteroatoms. The number of thiophene rings is 1. The van der Waals surface area contributed by atoms with Crippen molar-refractivity contribution in [2.24, 2.45) is 5.92 Å². The summed E-state index contributed by atoms with van der Waals surface area (Å²) in [4.78, 5) is 36.0. The Bertz CT molecular complexity index is 755. The Balaban J connectivity index is 1.63. The summed E-state index contributed by atoms with van der Waals surface area (Å²) in [6, 6.07) is 11.0. The number of carbonyl (C=O) groups is 3. The number of carbonyl (C=O) groups excluding carboxylic acids is 3. The summed E-state index contributed by atoms with van der Waals surface area (Å²) >= 11 is 1.39. The van der Waals surface area contributed by atoms with E-state index in [1.807, 2.05) is 49.6 Å². The minimum absolute atomic E-state index is 0.0257. The molecule has 6 nitrogen and oxygen atoms in total. The Morgan fingerprint density at radius 2 is 1.78 bits per heavy atom. The first kappa shape index (κ1) is 20.6. The number of hydrogen-bond acceptors (Lipinski definition) is 4. The Hall–Kier alpha value is -2.67. The Morgan fingerprint density at radius 1 is 1.04 bits per heavy atom.